The van der Waals surface area contributed by atoms with E-state index in [1.165, 1.54) is 65.0 Å². The maximum Gasteiger partial charge on any atom is 0.0120 e. The van der Waals surface area contributed by atoms with Gasteiger partial charge in [0.15, 0.2) is 0 Å². The first-order chi connectivity index (χ1) is 9.20. The van der Waals surface area contributed by atoms with Gasteiger partial charge in [0, 0.05) is 18.6 Å². The number of nitrogens with one attached hydrogen (secondary N) is 1. The molecule has 0 radical (unpaired) electrons. The molecular weight excluding hydrogens is 234 g/mol. The molecule has 0 atom stereocenters. The first kappa shape index (κ1) is 15.3. The van der Waals surface area contributed by atoms with E-state index in [-0.39, 0.29) is 0 Å². The van der Waals surface area contributed by atoms with Crippen molar-refractivity contribution in [1.29, 1.82) is 0 Å². The van der Waals surface area contributed by atoms with Crippen molar-refractivity contribution in [3.63, 3.8) is 0 Å². The lowest BCUT2D eigenvalue weighted by molar-refractivity contribution is 0.0804. The molecule has 2 fully saturated rings. The second-order valence-corrected chi connectivity index (χ2v) is 6.64. The molecule has 3 nitrogen and oxygen atoms in total. The van der Waals surface area contributed by atoms with Crippen LogP contribution in [0.15, 0.2) is 0 Å². The number of hydrogen-bond donors (Lipinski definition) is 1. The molecule has 3 heteroatoms. The zero-order chi connectivity index (χ0) is 13.7. The summed E-state index contributed by atoms with van der Waals surface area (Å²) in [5, 5.41) is 3.48. The minimum absolute atomic E-state index is 0.723. The number of likely N-dealkylation sites (tertiary alicyclic amines) is 1. The van der Waals surface area contributed by atoms with Gasteiger partial charge in [-0.05, 0) is 78.2 Å². The predicted octanol–water partition coefficient (Wildman–Crippen LogP) is 2.18. The topological polar surface area (TPSA) is 18.5 Å². The summed E-state index contributed by atoms with van der Waals surface area (Å²) in [7, 11) is 0. The minimum Gasteiger partial charge on any atom is -0.317 e. The Kier molecular flexibility index (Phi) is 6.11. The Morgan fingerprint density at radius 1 is 1.11 bits per heavy atom. The Hall–Kier alpha value is -0.120. The average molecular weight is 267 g/mol. The molecule has 0 aromatic heterocycles. The van der Waals surface area contributed by atoms with Crippen LogP contribution in [0.2, 0.25) is 0 Å². The van der Waals surface area contributed by atoms with Crippen LogP contribution in [-0.2, 0) is 0 Å². The van der Waals surface area contributed by atoms with Crippen molar-refractivity contribution in [3.8, 4) is 0 Å². The lowest BCUT2D eigenvalue weighted by atomic mass is 9.95. The van der Waals surface area contributed by atoms with Gasteiger partial charge in [-0.2, -0.15) is 0 Å². The lowest BCUT2D eigenvalue weighted by Crippen LogP contribution is -2.48. The fourth-order valence-electron chi connectivity index (χ4n) is 3.70. The molecule has 0 aromatic carbocycles. The Bertz CT molecular complexity index is 240. The minimum atomic E-state index is 0.723. The van der Waals surface area contributed by atoms with Crippen molar-refractivity contribution >= 4 is 0 Å². The molecule has 1 N–H and O–H groups in total. The molecule has 0 amide bonds. The highest BCUT2D eigenvalue weighted by Crippen LogP contribution is 2.21. The van der Waals surface area contributed by atoms with E-state index < -0.39 is 0 Å². The van der Waals surface area contributed by atoms with Crippen LogP contribution in [0.25, 0.3) is 0 Å². The SMILES string of the molecule is CCN(CC1CCNCC1)C1CCN(C(C)C)CC1. The summed E-state index contributed by atoms with van der Waals surface area (Å²) in [6.45, 7) is 14.6. The molecule has 2 aliphatic rings. The predicted molar refractivity (Wildman–Crippen MR) is 82.6 cm³/mol. The van der Waals surface area contributed by atoms with Gasteiger partial charge >= 0.3 is 0 Å². The summed E-state index contributed by atoms with van der Waals surface area (Å²) in [5.74, 6) is 0.935. The van der Waals surface area contributed by atoms with Crippen LogP contribution < -0.4 is 5.32 Å². The average Bonchev–Trinajstić information content (AvgIpc) is 2.46. The summed E-state index contributed by atoms with van der Waals surface area (Å²) < 4.78 is 0. The van der Waals surface area contributed by atoms with Gasteiger partial charge in [-0.15, -0.1) is 0 Å². The Labute approximate surface area is 119 Å². The van der Waals surface area contributed by atoms with Gasteiger partial charge in [-0.25, -0.2) is 0 Å². The van der Waals surface area contributed by atoms with Crippen LogP contribution in [0.4, 0.5) is 0 Å². The fraction of sp³-hybridized carbons (Fsp3) is 1.00. The zero-order valence-corrected chi connectivity index (χ0v) is 13.2. The summed E-state index contributed by atoms with van der Waals surface area (Å²) in [5.41, 5.74) is 0. The van der Waals surface area contributed by atoms with Gasteiger partial charge in [0.2, 0.25) is 0 Å². The van der Waals surface area contributed by atoms with E-state index in [9.17, 15) is 0 Å². The highest BCUT2D eigenvalue weighted by atomic mass is 15.2. The second-order valence-electron chi connectivity index (χ2n) is 6.64. The van der Waals surface area contributed by atoms with Crippen molar-refractivity contribution in [2.75, 3.05) is 39.3 Å². The number of hydrogen-bond acceptors (Lipinski definition) is 3. The fourth-order valence-corrected chi connectivity index (χ4v) is 3.70. The zero-order valence-electron chi connectivity index (χ0n) is 13.2. The molecule has 0 saturated carbocycles. The lowest BCUT2D eigenvalue weighted by Gasteiger charge is -2.41. The molecular formula is C16H33N3. The quantitative estimate of drug-likeness (QED) is 0.824. The van der Waals surface area contributed by atoms with Gasteiger partial charge in [0.1, 0.15) is 0 Å². The molecule has 0 aromatic rings. The van der Waals surface area contributed by atoms with Gasteiger partial charge in [0.05, 0.1) is 0 Å². The largest absolute Gasteiger partial charge is 0.317 e. The monoisotopic (exact) mass is 267 g/mol. The van der Waals surface area contributed by atoms with Crippen LogP contribution in [0, 0.1) is 5.92 Å². The second kappa shape index (κ2) is 7.61. The van der Waals surface area contributed by atoms with E-state index in [0.717, 1.165) is 18.0 Å². The molecule has 2 aliphatic heterocycles. The van der Waals surface area contributed by atoms with Crippen LogP contribution in [0.1, 0.15) is 46.5 Å². The maximum absolute atomic E-state index is 3.48. The molecule has 0 unspecified atom stereocenters. The van der Waals surface area contributed by atoms with Gasteiger partial charge in [0.25, 0.3) is 0 Å². The highest BCUT2D eigenvalue weighted by molar-refractivity contribution is 4.82. The van der Waals surface area contributed by atoms with Crippen molar-refractivity contribution in [2.24, 2.45) is 5.92 Å². The standard InChI is InChI=1S/C16H33N3/c1-4-18(13-15-5-9-17-10-6-15)16-7-11-19(12-8-16)14(2)3/h14-17H,4-13H2,1-3H3. The molecule has 0 bridgehead atoms. The highest BCUT2D eigenvalue weighted by Gasteiger charge is 2.26. The first-order valence-corrected chi connectivity index (χ1v) is 8.39. The third-order valence-corrected chi connectivity index (χ3v) is 5.10. The van der Waals surface area contributed by atoms with Crippen molar-refractivity contribution < 1.29 is 0 Å². The molecule has 112 valence electrons. The summed E-state index contributed by atoms with van der Waals surface area (Å²) in [4.78, 5) is 5.41. The number of nitrogens with zero attached hydrogens (tertiary/aromatic N) is 2. The summed E-state index contributed by atoms with van der Waals surface area (Å²) in [6, 6.07) is 1.57. The molecule has 0 spiro atoms. The molecule has 2 saturated heterocycles. The van der Waals surface area contributed by atoms with E-state index in [4.69, 9.17) is 0 Å². The smallest absolute Gasteiger partial charge is 0.0120 e. The normalized spacial score (nSPS) is 24.5. The van der Waals surface area contributed by atoms with Crippen LogP contribution in [0.3, 0.4) is 0 Å². The third kappa shape index (κ3) is 4.44. The number of piperidine rings is 2. The van der Waals surface area contributed by atoms with Crippen LogP contribution >= 0.6 is 0 Å². The van der Waals surface area contributed by atoms with E-state index in [0.29, 0.717) is 0 Å². The molecule has 2 heterocycles. The van der Waals surface area contributed by atoms with Crippen molar-refractivity contribution in [2.45, 2.75) is 58.5 Å². The third-order valence-electron chi connectivity index (χ3n) is 5.10. The van der Waals surface area contributed by atoms with Crippen molar-refractivity contribution in [3.05, 3.63) is 0 Å². The van der Waals surface area contributed by atoms with E-state index >= 15 is 0 Å². The van der Waals surface area contributed by atoms with Gasteiger partial charge in [-0.3, -0.25) is 0 Å². The molecule has 19 heavy (non-hydrogen) atoms. The first-order valence-electron chi connectivity index (χ1n) is 8.39. The molecule has 2 rings (SSSR count). The molecule has 0 aliphatic carbocycles. The van der Waals surface area contributed by atoms with E-state index in [2.05, 4.69) is 35.9 Å². The van der Waals surface area contributed by atoms with Gasteiger partial charge in [-0.1, -0.05) is 6.92 Å². The summed E-state index contributed by atoms with van der Waals surface area (Å²) >= 11 is 0. The number of rotatable bonds is 5. The Balaban J connectivity index is 1.78. The van der Waals surface area contributed by atoms with E-state index in [1.54, 1.807) is 0 Å². The maximum atomic E-state index is 3.48. The Morgan fingerprint density at radius 3 is 2.26 bits per heavy atom. The van der Waals surface area contributed by atoms with Gasteiger partial charge < -0.3 is 15.1 Å². The van der Waals surface area contributed by atoms with Crippen LogP contribution in [-0.4, -0.2) is 61.2 Å². The van der Waals surface area contributed by atoms with Crippen LogP contribution in [0.5, 0.6) is 0 Å². The Morgan fingerprint density at radius 2 is 1.74 bits per heavy atom. The summed E-state index contributed by atoms with van der Waals surface area (Å²) in [6.07, 6.45) is 5.50. The van der Waals surface area contributed by atoms with E-state index in [1.807, 2.05) is 0 Å². The van der Waals surface area contributed by atoms with Crippen molar-refractivity contribution in [1.82, 2.24) is 15.1 Å².